The zero-order valence-corrected chi connectivity index (χ0v) is 12.2. The van der Waals surface area contributed by atoms with Crippen molar-refractivity contribution < 1.29 is 18.8 Å². The summed E-state index contributed by atoms with van der Waals surface area (Å²) in [4.78, 5) is 37.2. The summed E-state index contributed by atoms with van der Waals surface area (Å²) in [6.45, 7) is -0.303. The largest absolute Gasteiger partial charge is 0.444 e. The smallest absolute Gasteiger partial charge is 0.287 e. The molecule has 2 aromatic rings. The molecular formula is C12H11BrN4O4. The molecule has 4 N–H and O–H groups in total. The topological polar surface area (TPSA) is 116 Å². The Kier molecular flexibility index (Phi) is 4.77. The highest BCUT2D eigenvalue weighted by molar-refractivity contribution is 9.10. The van der Waals surface area contributed by atoms with E-state index in [2.05, 4.69) is 37.1 Å². The number of aromatic nitrogens is 1. The fourth-order valence-corrected chi connectivity index (χ4v) is 1.70. The molecule has 0 aromatic carbocycles. The van der Waals surface area contributed by atoms with Crippen LogP contribution in [0.1, 0.15) is 21.0 Å². The van der Waals surface area contributed by atoms with Gasteiger partial charge in [0, 0.05) is 6.20 Å². The summed E-state index contributed by atoms with van der Waals surface area (Å²) < 4.78 is 5.44. The molecule has 0 unspecified atom stereocenters. The average Bonchev–Trinajstić information content (AvgIpc) is 3.13. The number of aromatic amines is 1. The van der Waals surface area contributed by atoms with Crippen molar-refractivity contribution >= 4 is 33.7 Å². The van der Waals surface area contributed by atoms with Gasteiger partial charge < -0.3 is 14.7 Å². The lowest BCUT2D eigenvalue weighted by Crippen LogP contribution is -2.46. The van der Waals surface area contributed by atoms with Crippen LogP contribution in [0.25, 0.3) is 0 Å². The highest BCUT2D eigenvalue weighted by Crippen LogP contribution is 2.13. The zero-order valence-electron chi connectivity index (χ0n) is 10.6. The summed E-state index contributed by atoms with van der Waals surface area (Å²) in [5.74, 6) is -1.53. The summed E-state index contributed by atoms with van der Waals surface area (Å²) in [6, 6.07) is 6.23. The number of amides is 3. The van der Waals surface area contributed by atoms with Gasteiger partial charge in [-0.2, -0.15) is 0 Å². The third kappa shape index (κ3) is 4.21. The Bertz CT molecular complexity index is 650. The number of hydrogen-bond acceptors (Lipinski definition) is 4. The number of H-pyrrole nitrogens is 1. The van der Waals surface area contributed by atoms with E-state index in [9.17, 15) is 14.4 Å². The minimum atomic E-state index is -0.575. The molecule has 0 aliphatic heterocycles. The Balaban J connectivity index is 1.72. The summed E-state index contributed by atoms with van der Waals surface area (Å²) >= 11 is 3.06. The third-order valence-electron chi connectivity index (χ3n) is 2.36. The molecule has 2 aromatic heterocycles. The van der Waals surface area contributed by atoms with Gasteiger partial charge in [-0.25, -0.2) is 0 Å². The van der Waals surface area contributed by atoms with Crippen molar-refractivity contribution in [1.29, 1.82) is 0 Å². The number of halogens is 1. The lowest BCUT2D eigenvalue weighted by Gasteiger charge is -2.06. The van der Waals surface area contributed by atoms with Crippen LogP contribution in [0, 0.1) is 0 Å². The van der Waals surface area contributed by atoms with Crippen LogP contribution in [-0.2, 0) is 4.79 Å². The average molecular weight is 355 g/mol. The standard InChI is InChI=1S/C12H11BrN4O4/c13-9-4-3-8(21-9)12(20)15-6-10(18)16-17-11(19)7-2-1-5-14-7/h1-5,14H,6H2,(H,15,20)(H,16,18)(H,17,19). The van der Waals surface area contributed by atoms with E-state index in [1.807, 2.05) is 0 Å². The van der Waals surface area contributed by atoms with E-state index in [1.165, 1.54) is 6.07 Å². The molecular weight excluding hydrogens is 344 g/mol. The molecule has 2 rings (SSSR count). The van der Waals surface area contributed by atoms with Crippen LogP contribution in [-0.4, -0.2) is 29.3 Å². The van der Waals surface area contributed by atoms with Crippen LogP contribution in [0.5, 0.6) is 0 Å². The fraction of sp³-hybridized carbons (Fsp3) is 0.0833. The van der Waals surface area contributed by atoms with Gasteiger partial charge in [0.15, 0.2) is 10.4 Å². The molecule has 0 saturated carbocycles. The van der Waals surface area contributed by atoms with E-state index < -0.39 is 17.7 Å². The molecule has 0 spiro atoms. The maximum atomic E-state index is 11.6. The zero-order chi connectivity index (χ0) is 15.2. The van der Waals surface area contributed by atoms with Crippen LogP contribution in [0.3, 0.4) is 0 Å². The normalized spacial score (nSPS) is 9.95. The Morgan fingerprint density at radius 2 is 1.95 bits per heavy atom. The van der Waals surface area contributed by atoms with Gasteiger partial charge in [0.1, 0.15) is 5.69 Å². The van der Waals surface area contributed by atoms with Crippen LogP contribution in [0.15, 0.2) is 39.5 Å². The number of carbonyl (C=O) groups excluding carboxylic acids is 3. The van der Waals surface area contributed by atoms with E-state index in [-0.39, 0.29) is 12.3 Å². The number of hydrazine groups is 1. The van der Waals surface area contributed by atoms with Crippen molar-refractivity contribution in [1.82, 2.24) is 21.2 Å². The van der Waals surface area contributed by atoms with Crippen molar-refractivity contribution in [2.75, 3.05) is 6.54 Å². The van der Waals surface area contributed by atoms with Crippen molar-refractivity contribution in [3.8, 4) is 0 Å². The minimum Gasteiger partial charge on any atom is -0.444 e. The molecule has 0 bridgehead atoms. The van der Waals surface area contributed by atoms with Gasteiger partial charge in [-0.1, -0.05) is 0 Å². The number of rotatable bonds is 4. The predicted molar refractivity (Wildman–Crippen MR) is 75.1 cm³/mol. The first kappa shape index (κ1) is 14.9. The van der Waals surface area contributed by atoms with E-state index in [0.29, 0.717) is 10.4 Å². The number of carbonyl (C=O) groups is 3. The first-order valence-electron chi connectivity index (χ1n) is 5.82. The van der Waals surface area contributed by atoms with Crippen LogP contribution >= 0.6 is 15.9 Å². The molecule has 0 saturated heterocycles. The van der Waals surface area contributed by atoms with Gasteiger partial charge >= 0.3 is 0 Å². The molecule has 9 heteroatoms. The Morgan fingerprint density at radius 3 is 2.57 bits per heavy atom. The fourth-order valence-electron chi connectivity index (χ4n) is 1.39. The van der Waals surface area contributed by atoms with Crippen molar-refractivity contribution in [2.24, 2.45) is 0 Å². The Labute approximate surface area is 127 Å². The van der Waals surface area contributed by atoms with Crippen molar-refractivity contribution in [3.05, 3.63) is 46.6 Å². The Hall–Kier alpha value is -2.55. The second-order valence-electron chi connectivity index (χ2n) is 3.87. The summed E-state index contributed by atoms with van der Waals surface area (Å²) in [7, 11) is 0. The maximum absolute atomic E-state index is 11.6. The third-order valence-corrected chi connectivity index (χ3v) is 2.79. The summed E-state index contributed by atoms with van der Waals surface area (Å²) in [6.07, 6.45) is 1.58. The summed E-state index contributed by atoms with van der Waals surface area (Å²) in [5.41, 5.74) is 4.68. The maximum Gasteiger partial charge on any atom is 0.287 e. The highest BCUT2D eigenvalue weighted by Gasteiger charge is 2.12. The molecule has 8 nitrogen and oxygen atoms in total. The second-order valence-corrected chi connectivity index (χ2v) is 4.65. The molecule has 0 atom stereocenters. The molecule has 0 aliphatic rings. The van der Waals surface area contributed by atoms with Gasteiger partial charge in [-0.05, 0) is 40.2 Å². The van der Waals surface area contributed by atoms with Crippen molar-refractivity contribution in [2.45, 2.75) is 0 Å². The van der Waals surface area contributed by atoms with Gasteiger partial charge in [-0.3, -0.25) is 25.2 Å². The van der Waals surface area contributed by atoms with Crippen LogP contribution in [0.4, 0.5) is 0 Å². The monoisotopic (exact) mass is 354 g/mol. The molecule has 2 heterocycles. The lowest BCUT2D eigenvalue weighted by molar-refractivity contribution is -0.120. The van der Waals surface area contributed by atoms with Crippen LogP contribution in [0.2, 0.25) is 0 Å². The van der Waals surface area contributed by atoms with Crippen LogP contribution < -0.4 is 16.2 Å². The SMILES string of the molecule is O=C(CNC(=O)c1ccc(Br)o1)NNC(=O)c1ccc[nH]1. The first-order valence-corrected chi connectivity index (χ1v) is 6.61. The van der Waals surface area contributed by atoms with Gasteiger partial charge in [0.05, 0.1) is 6.54 Å². The number of furan rings is 1. The molecule has 3 amide bonds. The second kappa shape index (κ2) is 6.75. The van der Waals surface area contributed by atoms with Gasteiger partial charge in [-0.15, -0.1) is 0 Å². The quantitative estimate of drug-likeness (QED) is 0.600. The van der Waals surface area contributed by atoms with Crippen molar-refractivity contribution in [3.63, 3.8) is 0 Å². The van der Waals surface area contributed by atoms with Gasteiger partial charge in [0.2, 0.25) is 0 Å². The van der Waals surface area contributed by atoms with E-state index in [4.69, 9.17) is 4.42 Å². The molecule has 0 radical (unpaired) electrons. The van der Waals surface area contributed by atoms with Gasteiger partial charge in [0.25, 0.3) is 17.7 Å². The number of hydrogen-bond donors (Lipinski definition) is 4. The lowest BCUT2D eigenvalue weighted by atomic mass is 10.4. The van der Waals surface area contributed by atoms with E-state index in [0.717, 1.165) is 0 Å². The molecule has 0 aliphatic carbocycles. The van der Waals surface area contributed by atoms with E-state index >= 15 is 0 Å². The first-order chi connectivity index (χ1) is 10.1. The molecule has 110 valence electrons. The summed E-state index contributed by atoms with van der Waals surface area (Å²) in [5, 5.41) is 2.35. The van der Waals surface area contributed by atoms with E-state index in [1.54, 1.807) is 24.4 Å². The highest BCUT2D eigenvalue weighted by atomic mass is 79.9. The number of nitrogens with one attached hydrogen (secondary N) is 4. The molecule has 21 heavy (non-hydrogen) atoms. The minimum absolute atomic E-state index is 0.0742. The Morgan fingerprint density at radius 1 is 1.14 bits per heavy atom. The predicted octanol–water partition coefficient (Wildman–Crippen LogP) is 0.561. The molecule has 0 fully saturated rings.